The van der Waals surface area contributed by atoms with Gasteiger partial charge in [0.15, 0.2) is 0 Å². The Morgan fingerprint density at radius 3 is 1.78 bits per heavy atom. The van der Waals surface area contributed by atoms with Crippen LogP contribution in [-0.4, -0.2) is 32.7 Å². The van der Waals surface area contributed by atoms with E-state index in [-0.39, 0.29) is 5.54 Å². The highest BCUT2D eigenvalue weighted by Crippen LogP contribution is 2.18. The molecule has 0 aromatic rings. The molecule has 0 radical (unpaired) electrons. The Bertz CT molecular complexity index is 109. The first-order chi connectivity index (χ1) is 4.29. The molecule has 3 saturated heterocycles. The Morgan fingerprint density at radius 1 is 1.11 bits per heavy atom. The van der Waals surface area contributed by atoms with Crippen molar-refractivity contribution in [2.75, 3.05) is 19.8 Å². The summed E-state index contributed by atoms with van der Waals surface area (Å²) in [6, 6.07) is 0. The van der Waals surface area contributed by atoms with Crippen molar-refractivity contribution in [1.82, 2.24) is 0 Å². The van der Waals surface area contributed by atoms with Gasteiger partial charge in [-0.05, 0) is 0 Å². The summed E-state index contributed by atoms with van der Waals surface area (Å²) in [5, 5.41) is 0. The number of hydrogen-bond donors (Lipinski definition) is 1. The Balaban J connectivity index is 2.11. The van der Waals surface area contributed by atoms with E-state index in [1.165, 1.54) is 0 Å². The van der Waals surface area contributed by atoms with Gasteiger partial charge in [0.25, 0.3) is 0 Å². The van der Waals surface area contributed by atoms with Gasteiger partial charge in [-0.1, -0.05) is 0 Å². The van der Waals surface area contributed by atoms with Gasteiger partial charge in [-0.3, -0.25) is 0 Å². The molecular weight excluding hydrogens is 121 g/mol. The minimum atomic E-state index is -0.449. The minimum absolute atomic E-state index is 0.380. The monoisotopic (exact) mass is 129 g/mol. The van der Waals surface area contributed by atoms with E-state index in [9.17, 15) is 0 Å². The maximum absolute atomic E-state index is 5.72. The van der Waals surface area contributed by atoms with Crippen molar-refractivity contribution in [3.8, 4) is 0 Å². The molecule has 2 bridgehead atoms. The second kappa shape index (κ2) is 1.70. The van der Waals surface area contributed by atoms with Crippen LogP contribution in [0.1, 0.15) is 0 Å². The topological polar surface area (TPSA) is 53.7 Å². The number of hydrogen-bond acceptors (Lipinski definition) is 4. The lowest BCUT2D eigenvalue weighted by molar-refractivity contribution is -0.0698. The molecule has 3 fully saturated rings. The van der Waals surface area contributed by atoms with E-state index < -0.39 is 7.32 Å². The van der Waals surface area contributed by atoms with E-state index >= 15 is 0 Å². The minimum Gasteiger partial charge on any atom is -0.384 e. The van der Waals surface area contributed by atoms with Gasteiger partial charge in [0.1, 0.15) is 0 Å². The van der Waals surface area contributed by atoms with E-state index in [0.717, 1.165) is 0 Å². The van der Waals surface area contributed by atoms with Crippen molar-refractivity contribution in [3.63, 3.8) is 0 Å². The summed E-state index contributed by atoms with van der Waals surface area (Å²) >= 11 is 0. The third-order valence-electron chi connectivity index (χ3n) is 1.52. The summed E-state index contributed by atoms with van der Waals surface area (Å²) < 4.78 is 15.0. The molecule has 0 spiro atoms. The first-order valence-electron chi connectivity index (χ1n) is 2.92. The van der Waals surface area contributed by atoms with Crippen molar-refractivity contribution in [1.29, 1.82) is 0 Å². The fourth-order valence-electron chi connectivity index (χ4n) is 0.971. The molecule has 3 heterocycles. The normalized spacial score (nSPS) is 31.0. The lowest BCUT2D eigenvalue weighted by Gasteiger charge is -2.40. The number of rotatable bonds is 0. The van der Waals surface area contributed by atoms with Crippen LogP contribution >= 0.6 is 0 Å². The van der Waals surface area contributed by atoms with Gasteiger partial charge < -0.3 is 19.7 Å². The molecule has 5 heteroatoms. The van der Waals surface area contributed by atoms with Gasteiger partial charge in [-0.2, -0.15) is 0 Å². The third-order valence-corrected chi connectivity index (χ3v) is 1.52. The predicted molar refractivity (Wildman–Crippen MR) is 30.5 cm³/mol. The average molecular weight is 129 g/mol. The Morgan fingerprint density at radius 2 is 1.56 bits per heavy atom. The van der Waals surface area contributed by atoms with Crippen LogP contribution in [0.5, 0.6) is 0 Å². The summed E-state index contributed by atoms with van der Waals surface area (Å²) in [7, 11) is -0.449. The molecule has 3 aliphatic heterocycles. The van der Waals surface area contributed by atoms with Crippen LogP contribution in [0, 0.1) is 0 Å². The van der Waals surface area contributed by atoms with Crippen LogP contribution in [-0.2, 0) is 14.0 Å². The van der Waals surface area contributed by atoms with Gasteiger partial charge in [0.2, 0.25) is 0 Å². The SMILES string of the molecule is NC12COB(OC1)OC2. The fourth-order valence-corrected chi connectivity index (χ4v) is 0.971. The summed E-state index contributed by atoms with van der Waals surface area (Å²) in [6.07, 6.45) is 0. The summed E-state index contributed by atoms with van der Waals surface area (Å²) in [4.78, 5) is 0. The molecule has 3 aliphatic rings. The summed E-state index contributed by atoms with van der Waals surface area (Å²) in [5.74, 6) is 0. The van der Waals surface area contributed by atoms with Gasteiger partial charge in [-0.25, -0.2) is 0 Å². The van der Waals surface area contributed by atoms with Crippen molar-refractivity contribution < 1.29 is 14.0 Å². The van der Waals surface area contributed by atoms with E-state index in [1.807, 2.05) is 0 Å². The third kappa shape index (κ3) is 0.860. The Kier molecular flexibility index (Phi) is 1.07. The Hall–Kier alpha value is -0.0951. The molecule has 2 N–H and O–H groups in total. The molecule has 0 aromatic carbocycles. The van der Waals surface area contributed by atoms with Crippen LogP contribution in [0.2, 0.25) is 0 Å². The van der Waals surface area contributed by atoms with Gasteiger partial charge >= 0.3 is 7.32 Å². The molecule has 0 aliphatic carbocycles. The van der Waals surface area contributed by atoms with Crippen LogP contribution < -0.4 is 5.73 Å². The molecule has 0 saturated carbocycles. The molecule has 0 aromatic heterocycles. The second-order valence-electron chi connectivity index (χ2n) is 2.58. The van der Waals surface area contributed by atoms with Crippen LogP contribution in [0.15, 0.2) is 0 Å². The molecule has 3 rings (SSSR count). The standard InChI is InChI=1S/C4H8BNO3/c6-4-1-7-5(8-2-4)9-3-4/h1-3,6H2. The van der Waals surface area contributed by atoms with E-state index in [4.69, 9.17) is 19.7 Å². The molecule has 50 valence electrons. The van der Waals surface area contributed by atoms with Crippen LogP contribution in [0.3, 0.4) is 0 Å². The van der Waals surface area contributed by atoms with Crippen molar-refractivity contribution in [2.45, 2.75) is 5.54 Å². The maximum atomic E-state index is 5.72. The maximum Gasteiger partial charge on any atom is 0.639 e. The number of fused-ring (bicyclic) bond motifs is 3. The molecular formula is C4H8BNO3. The first-order valence-corrected chi connectivity index (χ1v) is 2.92. The van der Waals surface area contributed by atoms with E-state index in [0.29, 0.717) is 19.8 Å². The molecule has 9 heavy (non-hydrogen) atoms. The lowest BCUT2D eigenvalue weighted by atomic mass is 9.96. The molecule has 4 nitrogen and oxygen atoms in total. The predicted octanol–water partition coefficient (Wildman–Crippen LogP) is -1.25. The quantitative estimate of drug-likeness (QED) is 0.415. The van der Waals surface area contributed by atoms with Gasteiger partial charge in [-0.15, -0.1) is 0 Å². The van der Waals surface area contributed by atoms with Crippen molar-refractivity contribution in [2.24, 2.45) is 5.73 Å². The highest BCUT2D eigenvalue weighted by Gasteiger charge is 2.44. The highest BCUT2D eigenvalue weighted by molar-refractivity contribution is 6.37. The van der Waals surface area contributed by atoms with Gasteiger partial charge in [0, 0.05) is 0 Å². The lowest BCUT2D eigenvalue weighted by Crippen LogP contribution is -2.64. The van der Waals surface area contributed by atoms with Crippen LogP contribution in [0.4, 0.5) is 0 Å². The van der Waals surface area contributed by atoms with E-state index in [1.54, 1.807) is 0 Å². The summed E-state index contributed by atoms with van der Waals surface area (Å²) in [6.45, 7) is 1.66. The Labute approximate surface area is 53.4 Å². The molecule has 0 amide bonds. The highest BCUT2D eigenvalue weighted by atomic mass is 16.8. The van der Waals surface area contributed by atoms with Crippen molar-refractivity contribution in [3.05, 3.63) is 0 Å². The summed E-state index contributed by atoms with van der Waals surface area (Å²) in [5.41, 5.74) is 5.34. The molecule has 0 atom stereocenters. The first kappa shape index (κ1) is 5.67. The zero-order valence-corrected chi connectivity index (χ0v) is 5.00. The second-order valence-corrected chi connectivity index (χ2v) is 2.58. The van der Waals surface area contributed by atoms with Crippen LogP contribution in [0.25, 0.3) is 0 Å². The zero-order chi connectivity index (χ0) is 6.32. The largest absolute Gasteiger partial charge is 0.639 e. The van der Waals surface area contributed by atoms with E-state index in [2.05, 4.69) is 0 Å². The van der Waals surface area contributed by atoms with Gasteiger partial charge in [0.05, 0.1) is 25.4 Å². The average Bonchev–Trinajstić information content (AvgIpc) is 1.90. The zero-order valence-electron chi connectivity index (χ0n) is 5.00. The molecule has 0 unspecified atom stereocenters. The van der Waals surface area contributed by atoms with Crippen molar-refractivity contribution >= 4 is 7.32 Å². The smallest absolute Gasteiger partial charge is 0.384 e. The number of nitrogens with two attached hydrogens (primary N) is 1. The fraction of sp³-hybridized carbons (Fsp3) is 1.00.